The fourth-order valence-electron chi connectivity index (χ4n) is 2.51. The zero-order valence-electron chi connectivity index (χ0n) is 15.0. The van der Waals surface area contributed by atoms with Gasteiger partial charge in [0.05, 0.1) is 11.9 Å². The first-order valence-electron chi connectivity index (χ1n) is 8.12. The molecule has 0 fully saturated rings. The predicted molar refractivity (Wildman–Crippen MR) is 103 cm³/mol. The third-order valence-corrected chi connectivity index (χ3v) is 4.98. The third-order valence-electron chi connectivity index (χ3n) is 3.78. The molecule has 1 amide bonds. The minimum atomic E-state index is -3.51. The summed E-state index contributed by atoms with van der Waals surface area (Å²) in [5, 5.41) is 2.69. The molecular weight excluding hydrogens is 352 g/mol. The fraction of sp³-hybridized carbons (Fsp3) is 0.263. The van der Waals surface area contributed by atoms with Gasteiger partial charge in [0, 0.05) is 24.2 Å². The van der Waals surface area contributed by atoms with E-state index in [1.807, 2.05) is 13.0 Å². The number of carbonyl (C=O) groups excluding carboxylic acids is 2. The van der Waals surface area contributed by atoms with E-state index in [4.69, 9.17) is 0 Å². The van der Waals surface area contributed by atoms with Crippen LogP contribution in [0.15, 0.2) is 48.5 Å². The molecule has 0 aliphatic rings. The summed E-state index contributed by atoms with van der Waals surface area (Å²) in [4.78, 5) is 23.6. The Morgan fingerprint density at radius 2 is 1.77 bits per heavy atom. The van der Waals surface area contributed by atoms with Crippen LogP contribution in [0.5, 0.6) is 0 Å². The Bertz CT molecular complexity index is 923. The van der Waals surface area contributed by atoms with Crippen molar-refractivity contribution in [3.05, 3.63) is 59.7 Å². The summed E-state index contributed by atoms with van der Waals surface area (Å²) in [5.41, 5.74) is 2.46. The van der Waals surface area contributed by atoms with Crippen molar-refractivity contribution in [3.8, 4) is 0 Å². The number of ketones is 1. The number of nitrogens with zero attached hydrogens (tertiary/aromatic N) is 1. The van der Waals surface area contributed by atoms with Crippen LogP contribution in [0.1, 0.15) is 29.3 Å². The molecule has 0 atom stereocenters. The summed E-state index contributed by atoms with van der Waals surface area (Å²) >= 11 is 0. The van der Waals surface area contributed by atoms with Crippen LogP contribution in [-0.2, 0) is 14.8 Å². The van der Waals surface area contributed by atoms with Gasteiger partial charge in [-0.1, -0.05) is 24.3 Å². The van der Waals surface area contributed by atoms with Gasteiger partial charge in [-0.15, -0.1) is 0 Å². The summed E-state index contributed by atoms with van der Waals surface area (Å²) in [6, 6.07) is 13.7. The van der Waals surface area contributed by atoms with E-state index in [1.54, 1.807) is 42.5 Å². The van der Waals surface area contributed by atoms with Gasteiger partial charge in [-0.2, -0.15) is 0 Å². The lowest BCUT2D eigenvalue weighted by molar-refractivity contribution is -0.116. The number of amides is 1. The van der Waals surface area contributed by atoms with Gasteiger partial charge >= 0.3 is 0 Å². The average Bonchev–Trinajstić information content (AvgIpc) is 2.54. The molecule has 0 spiro atoms. The first-order chi connectivity index (χ1) is 12.2. The van der Waals surface area contributed by atoms with E-state index < -0.39 is 10.0 Å². The van der Waals surface area contributed by atoms with Crippen LogP contribution in [0.25, 0.3) is 0 Å². The molecule has 2 aromatic carbocycles. The lowest BCUT2D eigenvalue weighted by atomic mass is 10.1. The number of sulfonamides is 1. The molecule has 2 rings (SSSR count). The highest BCUT2D eigenvalue weighted by molar-refractivity contribution is 7.92. The Labute approximate surface area is 153 Å². The Balaban J connectivity index is 2.08. The Kier molecular flexibility index (Phi) is 6.15. The van der Waals surface area contributed by atoms with Crippen molar-refractivity contribution in [2.45, 2.75) is 20.3 Å². The topological polar surface area (TPSA) is 83.6 Å². The van der Waals surface area contributed by atoms with Crippen LogP contribution in [0, 0.1) is 6.92 Å². The fourth-order valence-corrected chi connectivity index (χ4v) is 3.43. The predicted octanol–water partition coefficient (Wildman–Crippen LogP) is 2.99. The van der Waals surface area contributed by atoms with E-state index in [-0.39, 0.29) is 24.7 Å². The molecule has 0 aliphatic heterocycles. The van der Waals surface area contributed by atoms with E-state index >= 15 is 0 Å². The van der Waals surface area contributed by atoms with Crippen molar-refractivity contribution in [1.82, 2.24) is 0 Å². The van der Waals surface area contributed by atoms with Gasteiger partial charge in [0.25, 0.3) is 0 Å². The highest BCUT2D eigenvalue weighted by Crippen LogP contribution is 2.19. The Morgan fingerprint density at radius 3 is 2.38 bits per heavy atom. The molecule has 7 heteroatoms. The second-order valence-corrected chi connectivity index (χ2v) is 8.02. The molecule has 2 aromatic rings. The summed E-state index contributed by atoms with van der Waals surface area (Å²) in [6.45, 7) is 3.35. The maximum Gasteiger partial charge on any atom is 0.232 e. The molecule has 0 heterocycles. The largest absolute Gasteiger partial charge is 0.326 e. The molecule has 0 aliphatic carbocycles. The second kappa shape index (κ2) is 8.14. The lowest BCUT2D eigenvalue weighted by Gasteiger charge is -2.22. The molecule has 0 radical (unpaired) electrons. The molecule has 6 nitrogen and oxygen atoms in total. The van der Waals surface area contributed by atoms with E-state index in [9.17, 15) is 18.0 Å². The highest BCUT2D eigenvalue weighted by Gasteiger charge is 2.18. The van der Waals surface area contributed by atoms with Crippen LogP contribution in [-0.4, -0.2) is 32.9 Å². The van der Waals surface area contributed by atoms with Crippen LogP contribution in [0.3, 0.4) is 0 Å². The number of nitrogens with one attached hydrogen (secondary N) is 1. The number of carbonyl (C=O) groups is 2. The van der Waals surface area contributed by atoms with E-state index in [0.717, 1.165) is 11.8 Å². The number of benzene rings is 2. The zero-order chi connectivity index (χ0) is 19.3. The number of Topliss-reactive ketones (excluding diaryl/α,β-unsaturated/α-hetero) is 1. The van der Waals surface area contributed by atoms with E-state index in [0.29, 0.717) is 16.9 Å². The van der Waals surface area contributed by atoms with Gasteiger partial charge in [0.1, 0.15) is 0 Å². The van der Waals surface area contributed by atoms with Crippen LogP contribution in [0.4, 0.5) is 11.4 Å². The Hall–Kier alpha value is -2.67. The molecular formula is C19H22N2O4S. The number of anilines is 2. The van der Waals surface area contributed by atoms with Gasteiger partial charge in [0.2, 0.25) is 15.9 Å². The maximum atomic E-state index is 12.2. The molecule has 0 saturated heterocycles. The lowest BCUT2D eigenvalue weighted by Crippen LogP contribution is -2.33. The van der Waals surface area contributed by atoms with Crippen LogP contribution >= 0.6 is 0 Å². The number of hydrogen-bond acceptors (Lipinski definition) is 4. The van der Waals surface area contributed by atoms with Crippen molar-refractivity contribution >= 4 is 33.1 Å². The van der Waals surface area contributed by atoms with Gasteiger partial charge < -0.3 is 5.32 Å². The van der Waals surface area contributed by atoms with Crippen molar-refractivity contribution in [2.24, 2.45) is 0 Å². The normalized spacial score (nSPS) is 11.0. The van der Waals surface area contributed by atoms with Crippen molar-refractivity contribution in [3.63, 3.8) is 0 Å². The molecule has 0 saturated carbocycles. The number of rotatable bonds is 7. The first-order valence-corrected chi connectivity index (χ1v) is 9.97. The maximum absolute atomic E-state index is 12.2. The second-order valence-electron chi connectivity index (χ2n) is 6.11. The zero-order valence-corrected chi connectivity index (χ0v) is 15.8. The molecule has 0 aromatic heterocycles. The monoisotopic (exact) mass is 374 g/mol. The Morgan fingerprint density at radius 1 is 1.08 bits per heavy atom. The first kappa shape index (κ1) is 19.7. The van der Waals surface area contributed by atoms with Gasteiger partial charge in [-0.25, -0.2) is 8.42 Å². The number of hydrogen-bond donors (Lipinski definition) is 1. The standard InChI is InChI=1S/C19H22N2O4S/c1-14-6-4-9-18(12-14)21(26(3,24)25)11-10-19(23)20-17-8-5-7-16(13-17)15(2)22/h4-9,12-13H,10-11H2,1-3H3,(H,20,23). The van der Waals surface area contributed by atoms with Crippen LogP contribution < -0.4 is 9.62 Å². The summed E-state index contributed by atoms with van der Waals surface area (Å²) in [6.07, 6.45) is 1.11. The minimum Gasteiger partial charge on any atom is -0.326 e. The van der Waals surface area contributed by atoms with E-state index in [1.165, 1.54) is 11.2 Å². The van der Waals surface area contributed by atoms with E-state index in [2.05, 4.69) is 5.32 Å². The molecule has 26 heavy (non-hydrogen) atoms. The summed E-state index contributed by atoms with van der Waals surface area (Å²) in [5.74, 6) is -0.421. The SMILES string of the molecule is CC(=O)c1cccc(NC(=O)CCN(c2cccc(C)c2)S(C)(=O)=O)c1. The number of aryl methyl sites for hydroxylation is 1. The molecule has 138 valence electrons. The van der Waals surface area contributed by atoms with Gasteiger partial charge in [-0.05, 0) is 43.7 Å². The highest BCUT2D eigenvalue weighted by atomic mass is 32.2. The summed E-state index contributed by atoms with van der Waals surface area (Å²) in [7, 11) is -3.51. The minimum absolute atomic E-state index is 0.00862. The molecule has 0 bridgehead atoms. The molecule has 1 N–H and O–H groups in total. The molecule has 0 unspecified atom stereocenters. The smallest absolute Gasteiger partial charge is 0.232 e. The third kappa shape index (κ3) is 5.42. The van der Waals surface area contributed by atoms with Crippen LogP contribution in [0.2, 0.25) is 0 Å². The van der Waals surface area contributed by atoms with Crippen molar-refractivity contribution in [1.29, 1.82) is 0 Å². The van der Waals surface area contributed by atoms with Crippen molar-refractivity contribution in [2.75, 3.05) is 22.4 Å². The van der Waals surface area contributed by atoms with Gasteiger partial charge in [-0.3, -0.25) is 13.9 Å². The summed E-state index contributed by atoms with van der Waals surface area (Å²) < 4.78 is 25.4. The van der Waals surface area contributed by atoms with Crippen molar-refractivity contribution < 1.29 is 18.0 Å². The van der Waals surface area contributed by atoms with Gasteiger partial charge in [0.15, 0.2) is 5.78 Å². The average molecular weight is 374 g/mol. The quantitative estimate of drug-likeness (QED) is 0.755.